The number of ketones is 1. The first kappa shape index (κ1) is 20.8. The minimum atomic E-state index is -0.567. The molecule has 4 rings (SSSR count). The number of benzene rings is 1. The molecule has 0 atom stereocenters. The van der Waals surface area contributed by atoms with Crippen LogP contribution in [0.5, 0.6) is 0 Å². The van der Waals surface area contributed by atoms with E-state index >= 15 is 0 Å². The normalized spacial score (nSPS) is 11.6. The SMILES string of the molecule is COCCCn1c(C)c(C)n2c3c(=O)n(CC(=O)c4ccccc4)c(=O)n(C)c3nc12. The molecule has 0 radical (unpaired) electrons. The zero-order valence-electron chi connectivity index (χ0n) is 18.1. The summed E-state index contributed by atoms with van der Waals surface area (Å²) in [5.41, 5.74) is 1.81. The average molecular weight is 423 g/mol. The first-order chi connectivity index (χ1) is 14.9. The quantitative estimate of drug-likeness (QED) is 0.333. The topological polar surface area (TPSA) is 92.5 Å². The number of aryl methyl sites for hydroxylation is 3. The third kappa shape index (κ3) is 3.31. The molecule has 0 spiro atoms. The van der Waals surface area contributed by atoms with Gasteiger partial charge in [-0.05, 0) is 20.3 Å². The first-order valence-electron chi connectivity index (χ1n) is 10.1. The molecule has 0 N–H and O–H groups in total. The molecule has 0 saturated heterocycles. The largest absolute Gasteiger partial charge is 0.385 e. The highest BCUT2D eigenvalue weighted by atomic mass is 16.5. The van der Waals surface area contributed by atoms with Crippen molar-refractivity contribution in [3.63, 3.8) is 0 Å². The maximum atomic E-state index is 13.4. The Morgan fingerprint density at radius 2 is 1.77 bits per heavy atom. The van der Waals surface area contributed by atoms with Gasteiger partial charge in [-0.15, -0.1) is 0 Å². The summed E-state index contributed by atoms with van der Waals surface area (Å²) in [7, 11) is 3.22. The van der Waals surface area contributed by atoms with Gasteiger partial charge in [0.2, 0.25) is 5.78 Å². The van der Waals surface area contributed by atoms with Crippen LogP contribution >= 0.6 is 0 Å². The summed E-state index contributed by atoms with van der Waals surface area (Å²) in [5, 5.41) is 0. The maximum Gasteiger partial charge on any atom is 0.332 e. The number of nitrogens with zero attached hydrogens (tertiary/aromatic N) is 5. The summed E-state index contributed by atoms with van der Waals surface area (Å²) in [6.07, 6.45) is 0.791. The molecular weight excluding hydrogens is 398 g/mol. The number of aromatic nitrogens is 5. The first-order valence-corrected chi connectivity index (χ1v) is 10.1. The summed E-state index contributed by atoms with van der Waals surface area (Å²) in [5.74, 6) is 0.297. The Hall–Kier alpha value is -3.46. The fourth-order valence-electron chi connectivity index (χ4n) is 3.95. The van der Waals surface area contributed by atoms with Gasteiger partial charge in [0.25, 0.3) is 5.56 Å². The molecule has 0 aliphatic rings. The molecule has 162 valence electrons. The second kappa shape index (κ2) is 7.99. The number of Topliss-reactive ketones (excluding diaryl/α,β-unsaturated/α-hetero) is 1. The van der Waals surface area contributed by atoms with Crippen LogP contribution in [0, 0.1) is 13.8 Å². The van der Waals surface area contributed by atoms with Crippen LogP contribution in [-0.4, -0.2) is 42.6 Å². The van der Waals surface area contributed by atoms with Gasteiger partial charge in [0, 0.05) is 44.3 Å². The van der Waals surface area contributed by atoms with Crippen LogP contribution < -0.4 is 11.2 Å². The van der Waals surface area contributed by atoms with Crippen molar-refractivity contribution in [3.8, 4) is 0 Å². The van der Waals surface area contributed by atoms with Gasteiger partial charge in [0.1, 0.15) is 0 Å². The van der Waals surface area contributed by atoms with E-state index in [-0.39, 0.29) is 12.3 Å². The third-order valence-electron chi connectivity index (χ3n) is 5.76. The van der Waals surface area contributed by atoms with Crippen LogP contribution in [0.4, 0.5) is 0 Å². The molecule has 31 heavy (non-hydrogen) atoms. The van der Waals surface area contributed by atoms with Crippen molar-refractivity contribution in [2.24, 2.45) is 7.05 Å². The minimum absolute atomic E-state index is 0.295. The van der Waals surface area contributed by atoms with Crippen LogP contribution in [0.3, 0.4) is 0 Å². The van der Waals surface area contributed by atoms with Gasteiger partial charge in [0.15, 0.2) is 16.9 Å². The van der Waals surface area contributed by atoms with E-state index in [0.717, 1.165) is 22.4 Å². The molecule has 0 aliphatic carbocycles. The van der Waals surface area contributed by atoms with Gasteiger partial charge in [0.05, 0.1) is 6.54 Å². The molecule has 0 unspecified atom stereocenters. The van der Waals surface area contributed by atoms with E-state index in [0.29, 0.717) is 35.7 Å². The number of ether oxygens (including phenoxy) is 1. The Morgan fingerprint density at radius 1 is 1.06 bits per heavy atom. The van der Waals surface area contributed by atoms with Crippen LogP contribution in [0.1, 0.15) is 28.2 Å². The lowest BCUT2D eigenvalue weighted by Crippen LogP contribution is -2.41. The van der Waals surface area contributed by atoms with Gasteiger partial charge in [-0.2, -0.15) is 4.98 Å². The Bertz CT molecular complexity index is 1410. The number of carbonyl (C=O) groups excluding carboxylic acids is 1. The Balaban J connectivity index is 1.92. The summed E-state index contributed by atoms with van der Waals surface area (Å²) < 4.78 is 11.3. The second-order valence-corrected chi connectivity index (χ2v) is 7.61. The van der Waals surface area contributed by atoms with Crippen molar-refractivity contribution in [1.82, 2.24) is 23.1 Å². The monoisotopic (exact) mass is 423 g/mol. The van der Waals surface area contributed by atoms with Crippen LogP contribution in [-0.2, 0) is 24.9 Å². The van der Waals surface area contributed by atoms with Gasteiger partial charge in [-0.25, -0.2) is 4.79 Å². The summed E-state index contributed by atoms with van der Waals surface area (Å²) in [6.45, 7) is 4.85. The smallest absolute Gasteiger partial charge is 0.332 e. The number of carbonyl (C=O) groups is 1. The molecule has 0 aliphatic heterocycles. The molecule has 3 heterocycles. The fraction of sp³-hybridized carbons (Fsp3) is 0.364. The van der Waals surface area contributed by atoms with E-state index in [1.807, 2.05) is 18.4 Å². The molecule has 0 bridgehead atoms. The molecule has 0 fully saturated rings. The van der Waals surface area contributed by atoms with Crippen molar-refractivity contribution in [3.05, 3.63) is 68.1 Å². The Kier molecular flexibility index (Phi) is 5.36. The summed E-state index contributed by atoms with van der Waals surface area (Å²) in [4.78, 5) is 43.6. The number of rotatable bonds is 7. The zero-order valence-corrected chi connectivity index (χ0v) is 18.1. The third-order valence-corrected chi connectivity index (χ3v) is 5.76. The van der Waals surface area contributed by atoms with Crippen molar-refractivity contribution < 1.29 is 9.53 Å². The molecule has 9 heteroatoms. The molecule has 0 saturated carbocycles. The van der Waals surface area contributed by atoms with E-state index < -0.39 is 11.2 Å². The van der Waals surface area contributed by atoms with E-state index in [4.69, 9.17) is 4.74 Å². The van der Waals surface area contributed by atoms with Crippen molar-refractivity contribution in [2.45, 2.75) is 33.4 Å². The Labute approximate surface area is 178 Å². The molecule has 9 nitrogen and oxygen atoms in total. The van der Waals surface area contributed by atoms with Crippen LogP contribution in [0.2, 0.25) is 0 Å². The lowest BCUT2D eigenvalue weighted by atomic mass is 10.1. The number of methoxy groups -OCH3 is 1. The highest BCUT2D eigenvalue weighted by molar-refractivity contribution is 5.96. The van der Waals surface area contributed by atoms with Crippen molar-refractivity contribution in [1.29, 1.82) is 0 Å². The van der Waals surface area contributed by atoms with Crippen molar-refractivity contribution in [2.75, 3.05) is 13.7 Å². The average Bonchev–Trinajstić information content (AvgIpc) is 3.27. The molecular formula is C22H25N5O4. The Morgan fingerprint density at radius 3 is 2.45 bits per heavy atom. The standard InChI is InChI=1S/C22H25N5O4/c1-14-15(2)27-18-19(23-21(27)25(14)11-8-12-31-4)24(3)22(30)26(20(18)29)13-17(28)16-9-6-5-7-10-16/h5-7,9-10H,8,11-13H2,1-4H3. The second-order valence-electron chi connectivity index (χ2n) is 7.61. The summed E-state index contributed by atoms with van der Waals surface area (Å²) in [6, 6.07) is 8.63. The lowest BCUT2D eigenvalue weighted by molar-refractivity contribution is 0.0969. The van der Waals surface area contributed by atoms with Crippen molar-refractivity contribution >= 4 is 22.7 Å². The fourth-order valence-corrected chi connectivity index (χ4v) is 3.95. The van der Waals surface area contributed by atoms with Crippen LogP contribution in [0.25, 0.3) is 16.9 Å². The summed E-state index contributed by atoms with van der Waals surface area (Å²) >= 11 is 0. The van der Waals surface area contributed by atoms with Crippen LogP contribution in [0.15, 0.2) is 39.9 Å². The lowest BCUT2D eigenvalue weighted by Gasteiger charge is -2.08. The molecule has 1 aromatic carbocycles. The maximum absolute atomic E-state index is 13.4. The van der Waals surface area contributed by atoms with E-state index in [1.165, 1.54) is 4.57 Å². The number of hydrogen-bond acceptors (Lipinski definition) is 5. The predicted octanol–water partition coefficient (Wildman–Crippen LogP) is 1.69. The number of imidazole rings is 2. The van der Waals surface area contributed by atoms with E-state index in [2.05, 4.69) is 4.98 Å². The minimum Gasteiger partial charge on any atom is -0.385 e. The number of hydrogen-bond donors (Lipinski definition) is 0. The highest BCUT2D eigenvalue weighted by Gasteiger charge is 2.23. The zero-order chi connectivity index (χ0) is 22.3. The van der Waals surface area contributed by atoms with Gasteiger partial charge in [-0.3, -0.25) is 23.1 Å². The highest BCUT2D eigenvalue weighted by Crippen LogP contribution is 2.21. The molecule has 4 aromatic rings. The van der Waals surface area contributed by atoms with Gasteiger partial charge in [-0.1, -0.05) is 30.3 Å². The van der Waals surface area contributed by atoms with E-state index in [9.17, 15) is 14.4 Å². The number of fused-ring (bicyclic) bond motifs is 3. The predicted molar refractivity (Wildman–Crippen MR) is 117 cm³/mol. The molecule has 0 amide bonds. The van der Waals surface area contributed by atoms with Gasteiger partial charge < -0.3 is 9.30 Å². The molecule has 3 aromatic heterocycles. The van der Waals surface area contributed by atoms with Gasteiger partial charge >= 0.3 is 5.69 Å². The van der Waals surface area contributed by atoms with E-state index in [1.54, 1.807) is 48.9 Å².